The Labute approximate surface area is 65.8 Å². The number of rotatable bonds is 5. The highest BCUT2D eigenvalue weighted by molar-refractivity contribution is 7.99. The summed E-state index contributed by atoms with van der Waals surface area (Å²) in [7, 11) is 0. The van der Waals surface area contributed by atoms with Gasteiger partial charge in [0, 0.05) is 0 Å². The third-order valence-corrected chi connectivity index (χ3v) is 2.93. The van der Waals surface area contributed by atoms with E-state index in [-0.39, 0.29) is 6.67 Å². The Morgan fingerprint density at radius 2 is 2.30 bits per heavy atom. The molecule has 1 rings (SSSR count). The predicted octanol–water partition coefficient (Wildman–Crippen LogP) is 1.30. The van der Waals surface area contributed by atoms with Gasteiger partial charge in [-0.3, -0.25) is 4.39 Å². The lowest BCUT2D eigenvalue weighted by Crippen LogP contribution is -2.43. The van der Waals surface area contributed by atoms with Gasteiger partial charge in [0.1, 0.15) is 0 Å². The summed E-state index contributed by atoms with van der Waals surface area (Å²) in [6, 6.07) is 0. The molecule has 1 saturated heterocycles. The number of hydrogen-bond donors (Lipinski definition) is 1. The molecular weight excluding hydrogens is 149 g/mol. The summed E-state index contributed by atoms with van der Waals surface area (Å²) >= 11 is 1.88. The highest BCUT2D eigenvalue weighted by Crippen LogP contribution is 2.12. The molecule has 1 fully saturated rings. The van der Waals surface area contributed by atoms with Gasteiger partial charge in [-0.05, 0) is 36.9 Å². The van der Waals surface area contributed by atoms with Crippen molar-refractivity contribution in [3.05, 3.63) is 0 Å². The van der Waals surface area contributed by atoms with Gasteiger partial charge >= 0.3 is 0 Å². The second-order valence-corrected chi connectivity index (χ2v) is 3.79. The molecule has 1 nitrogen and oxygen atoms in total. The Balaban J connectivity index is 1.76. The molecule has 0 aromatic heterocycles. The molecule has 0 bridgehead atoms. The highest BCUT2D eigenvalue weighted by Gasteiger charge is 2.15. The Kier molecular flexibility index (Phi) is 4.14. The molecule has 1 N–H and O–H groups in total. The van der Waals surface area contributed by atoms with Gasteiger partial charge in [-0.2, -0.15) is 11.8 Å². The van der Waals surface area contributed by atoms with Crippen LogP contribution < -0.4 is 5.32 Å². The Bertz CT molecular complexity index is 85.7. The fourth-order valence-electron chi connectivity index (χ4n) is 0.873. The molecule has 0 radical (unpaired) electrons. The molecule has 0 unspecified atom stereocenters. The van der Waals surface area contributed by atoms with Crippen molar-refractivity contribution in [2.24, 2.45) is 5.92 Å². The topological polar surface area (TPSA) is 12.0 Å². The van der Waals surface area contributed by atoms with E-state index in [0.717, 1.165) is 18.1 Å². The first-order valence-electron chi connectivity index (χ1n) is 3.78. The quantitative estimate of drug-likeness (QED) is 0.613. The van der Waals surface area contributed by atoms with Crippen LogP contribution in [0.1, 0.15) is 6.42 Å². The molecule has 0 aromatic carbocycles. The van der Waals surface area contributed by atoms with E-state index in [1.54, 1.807) is 0 Å². The maximum Gasteiger partial charge on any atom is 0.0902 e. The summed E-state index contributed by atoms with van der Waals surface area (Å²) < 4.78 is 11.6. The smallest absolute Gasteiger partial charge is 0.0902 e. The lowest BCUT2D eigenvalue weighted by Gasteiger charge is -2.26. The van der Waals surface area contributed by atoms with Gasteiger partial charge in [0.2, 0.25) is 0 Å². The van der Waals surface area contributed by atoms with Gasteiger partial charge in [0.25, 0.3) is 0 Å². The maximum absolute atomic E-state index is 11.6. The van der Waals surface area contributed by atoms with Crippen LogP contribution in [0.2, 0.25) is 0 Å². The van der Waals surface area contributed by atoms with E-state index >= 15 is 0 Å². The standard InChI is InChI=1S/C7H14FNS/c8-2-1-3-10-6-7-4-9-5-7/h7,9H,1-6H2. The lowest BCUT2D eigenvalue weighted by molar-refractivity contribution is 0.385. The summed E-state index contributed by atoms with van der Waals surface area (Å²) in [5.74, 6) is 3.07. The van der Waals surface area contributed by atoms with Crippen molar-refractivity contribution in [1.29, 1.82) is 0 Å². The van der Waals surface area contributed by atoms with Crippen LogP contribution in [-0.2, 0) is 0 Å². The fraction of sp³-hybridized carbons (Fsp3) is 1.00. The highest BCUT2D eigenvalue weighted by atomic mass is 32.2. The van der Waals surface area contributed by atoms with Crippen molar-refractivity contribution in [1.82, 2.24) is 5.32 Å². The largest absolute Gasteiger partial charge is 0.316 e. The first-order chi connectivity index (χ1) is 4.93. The molecule has 60 valence electrons. The van der Waals surface area contributed by atoms with Crippen molar-refractivity contribution < 1.29 is 4.39 Å². The van der Waals surface area contributed by atoms with E-state index in [4.69, 9.17) is 0 Å². The van der Waals surface area contributed by atoms with Crippen LogP contribution >= 0.6 is 11.8 Å². The zero-order valence-corrected chi connectivity index (χ0v) is 6.92. The van der Waals surface area contributed by atoms with E-state index in [9.17, 15) is 4.39 Å². The minimum atomic E-state index is -0.157. The molecule has 0 spiro atoms. The van der Waals surface area contributed by atoms with Gasteiger partial charge in [-0.15, -0.1) is 0 Å². The fourth-order valence-corrected chi connectivity index (χ4v) is 1.92. The second kappa shape index (κ2) is 4.97. The molecule has 1 heterocycles. The summed E-state index contributed by atoms with van der Waals surface area (Å²) in [4.78, 5) is 0. The van der Waals surface area contributed by atoms with E-state index in [0.29, 0.717) is 0 Å². The molecule has 0 amide bonds. The molecule has 1 aliphatic heterocycles. The van der Waals surface area contributed by atoms with Crippen molar-refractivity contribution in [3.63, 3.8) is 0 Å². The Morgan fingerprint density at radius 1 is 1.50 bits per heavy atom. The molecule has 10 heavy (non-hydrogen) atoms. The first kappa shape index (κ1) is 8.34. The number of hydrogen-bond acceptors (Lipinski definition) is 2. The minimum Gasteiger partial charge on any atom is -0.316 e. The van der Waals surface area contributed by atoms with Crippen LogP contribution in [0.3, 0.4) is 0 Å². The predicted molar refractivity (Wildman–Crippen MR) is 44.3 cm³/mol. The Hall–Kier alpha value is 0.240. The number of alkyl halides is 1. The summed E-state index contributed by atoms with van der Waals surface area (Å²) in [5.41, 5.74) is 0. The van der Waals surface area contributed by atoms with E-state index < -0.39 is 0 Å². The summed E-state index contributed by atoms with van der Waals surface area (Å²) in [6.45, 7) is 2.18. The van der Waals surface area contributed by atoms with Crippen LogP contribution in [0.5, 0.6) is 0 Å². The van der Waals surface area contributed by atoms with Crippen LogP contribution in [-0.4, -0.2) is 31.3 Å². The third kappa shape index (κ3) is 2.88. The molecule has 0 aliphatic carbocycles. The normalized spacial score (nSPS) is 18.9. The van der Waals surface area contributed by atoms with E-state index in [1.807, 2.05) is 11.8 Å². The summed E-state index contributed by atoms with van der Waals surface area (Å²) in [5, 5.41) is 3.21. The minimum absolute atomic E-state index is 0.157. The van der Waals surface area contributed by atoms with Crippen molar-refractivity contribution in [2.75, 3.05) is 31.3 Å². The average molecular weight is 163 g/mol. The molecule has 3 heteroatoms. The molecule has 0 atom stereocenters. The molecular formula is C7H14FNS. The molecule has 0 saturated carbocycles. The zero-order valence-electron chi connectivity index (χ0n) is 6.11. The van der Waals surface area contributed by atoms with Crippen molar-refractivity contribution >= 4 is 11.8 Å². The zero-order chi connectivity index (χ0) is 7.23. The number of thioether (sulfide) groups is 1. The number of halogens is 1. The SMILES string of the molecule is FCCCSCC1CNC1. The van der Waals surface area contributed by atoms with Crippen LogP contribution in [0.25, 0.3) is 0 Å². The Morgan fingerprint density at radius 3 is 2.80 bits per heavy atom. The molecule has 0 aromatic rings. The first-order valence-corrected chi connectivity index (χ1v) is 4.93. The third-order valence-electron chi connectivity index (χ3n) is 1.64. The van der Waals surface area contributed by atoms with Crippen LogP contribution in [0, 0.1) is 5.92 Å². The second-order valence-electron chi connectivity index (χ2n) is 2.64. The van der Waals surface area contributed by atoms with E-state index in [2.05, 4.69) is 5.32 Å². The maximum atomic E-state index is 11.6. The monoisotopic (exact) mass is 163 g/mol. The lowest BCUT2D eigenvalue weighted by atomic mass is 10.1. The van der Waals surface area contributed by atoms with Gasteiger partial charge in [-0.25, -0.2) is 0 Å². The van der Waals surface area contributed by atoms with Crippen LogP contribution in [0.15, 0.2) is 0 Å². The van der Waals surface area contributed by atoms with E-state index in [1.165, 1.54) is 18.8 Å². The average Bonchev–Trinajstić information content (AvgIpc) is 1.84. The summed E-state index contributed by atoms with van der Waals surface area (Å²) in [6.07, 6.45) is 0.727. The van der Waals surface area contributed by atoms with Crippen molar-refractivity contribution in [2.45, 2.75) is 6.42 Å². The van der Waals surface area contributed by atoms with Crippen LogP contribution in [0.4, 0.5) is 4.39 Å². The van der Waals surface area contributed by atoms with Gasteiger partial charge < -0.3 is 5.32 Å². The molecule has 1 aliphatic rings. The number of nitrogens with one attached hydrogen (secondary N) is 1. The van der Waals surface area contributed by atoms with Gasteiger partial charge in [0.05, 0.1) is 6.67 Å². The van der Waals surface area contributed by atoms with Gasteiger partial charge in [0.15, 0.2) is 0 Å². The van der Waals surface area contributed by atoms with Gasteiger partial charge in [-0.1, -0.05) is 0 Å². The van der Waals surface area contributed by atoms with Crippen molar-refractivity contribution in [3.8, 4) is 0 Å².